The number of carbonyl (C=O) groups excluding carboxylic acids is 1. The van der Waals surface area contributed by atoms with Crippen LogP contribution >= 0.6 is 0 Å². The molecule has 0 aliphatic rings. The molecule has 0 unspecified atom stereocenters. The molecule has 2 heterocycles. The van der Waals surface area contributed by atoms with Gasteiger partial charge in [-0.05, 0) is 18.6 Å². The molecule has 2 rings (SSSR count). The van der Waals surface area contributed by atoms with Gasteiger partial charge in [0.1, 0.15) is 5.82 Å². The Bertz CT molecular complexity index is 634. The zero-order chi connectivity index (χ0) is 13.8. The number of carbonyl (C=O) groups is 1. The molecule has 2 aromatic heterocycles. The Hall–Kier alpha value is -2.90. The standard InChI is InChI=1S/C11H12N6O2/c1-6-2-7(4-13-3-6)11(18)15-10-8(5-14-16-10)9(12)17-19/h2-5,19H,1H3,(H2,12,17)(H2,14,15,16,18). The molecule has 2 aromatic rings. The van der Waals surface area contributed by atoms with Crippen LogP contribution in [0.25, 0.3) is 0 Å². The van der Waals surface area contributed by atoms with E-state index in [1.165, 1.54) is 12.4 Å². The van der Waals surface area contributed by atoms with Gasteiger partial charge in [-0.25, -0.2) is 0 Å². The fourth-order valence-electron chi connectivity index (χ4n) is 1.49. The van der Waals surface area contributed by atoms with Gasteiger partial charge < -0.3 is 16.3 Å². The molecular formula is C11H12N6O2. The number of pyridine rings is 1. The third-order valence-electron chi connectivity index (χ3n) is 2.40. The average molecular weight is 260 g/mol. The number of H-pyrrole nitrogens is 1. The number of amidine groups is 1. The lowest BCUT2D eigenvalue weighted by Gasteiger charge is -2.05. The summed E-state index contributed by atoms with van der Waals surface area (Å²) < 4.78 is 0. The Morgan fingerprint density at radius 2 is 2.26 bits per heavy atom. The number of aromatic amines is 1. The molecule has 0 atom stereocenters. The Kier molecular flexibility index (Phi) is 3.42. The number of rotatable bonds is 3. The largest absolute Gasteiger partial charge is 0.409 e. The maximum Gasteiger partial charge on any atom is 0.258 e. The van der Waals surface area contributed by atoms with Crippen molar-refractivity contribution < 1.29 is 10.0 Å². The molecule has 1 amide bonds. The molecule has 0 saturated carbocycles. The molecule has 0 aromatic carbocycles. The summed E-state index contributed by atoms with van der Waals surface area (Å²) >= 11 is 0. The number of nitrogens with one attached hydrogen (secondary N) is 2. The van der Waals surface area contributed by atoms with Crippen molar-refractivity contribution in [3.63, 3.8) is 0 Å². The number of nitrogens with two attached hydrogens (primary N) is 1. The number of hydrogen-bond acceptors (Lipinski definition) is 5. The zero-order valence-corrected chi connectivity index (χ0v) is 10.1. The van der Waals surface area contributed by atoms with E-state index in [1.54, 1.807) is 12.3 Å². The molecule has 0 radical (unpaired) electrons. The van der Waals surface area contributed by atoms with Crippen LogP contribution in [0.3, 0.4) is 0 Å². The first-order valence-electron chi connectivity index (χ1n) is 5.36. The van der Waals surface area contributed by atoms with Crippen molar-refractivity contribution in [2.45, 2.75) is 6.92 Å². The fraction of sp³-hybridized carbons (Fsp3) is 0.0909. The van der Waals surface area contributed by atoms with Crippen molar-refractivity contribution >= 4 is 17.6 Å². The topological polar surface area (TPSA) is 129 Å². The molecule has 0 aliphatic heterocycles. The third kappa shape index (κ3) is 2.68. The van der Waals surface area contributed by atoms with Gasteiger partial charge in [0, 0.05) is 12.4 Å². The first-order chi connectivity index (χ1) is 9.11. The second-order valence-electron chi connectivity index (χ2n) is 3.85. The first kappa shape index (κ1) is 12.6. The van der Waals surface area contributed by atoms with Gasteiger partial charge in [-0.3, -0.25) is 14.9 Å². The molecule has 0 spiro atoms. The molecule has 19 heavy (non-hydrogen) atoms. The van der Waals surface area contributed by atoms with Gasteiger partial charge >= 0.3 is 0 Å². The van der Waals surface area contributed by atoms with Gasteiger partial charge in [-0.15, -0.1) is 0 Å². The molecule has 98 valence electrons. The molecular weight excluding hydrogens is 248 g/mol. The van der Waals surface area contributed by atoms with Crippen molar-refractivity contribution in [1.29, 1.82) is 0 Å². The van der Waals surface area contributed by atoms with Crippen LogP contribution in [0.4, 0.5) is 5.82 Å². The summed E-state index contributed by atoms with van der Waals surface area (Å²) in [4.78, 5) is 15.9. The highest BCUT2D eigenvalue weighted by atomic mass is 16.4. The Morgan fingerprint density at radius 1 is 1.47 bits per heavy atom. The van der Waals surface area contributed by atoms with Crippen molar-refractivity contribution in [1.82, 2.24) is 15.2 Å². The lowest BCUT2D eigenvalue weighted by molar-refractivity contribution is 0.102. The van der Waals surface area contributed by atoms with Crippen molar-refractivity contribution in [3.05, 3.63) is 41.3 Å². The van der Waals surface area contributed by atoms with Crippen LogP contribution in [0.1, 0.15) is 21.5 Å². The summed E-state index contributed by atoms with van der Waals surface area (Å²) in [6.07, 6.45) is 4.44. The van der Waals surface area contributed by atoms with Gasteiger partial charge in [0.2, 0.25) is 0 Å². The monoisotopic (exact) mass is 260 g/mol. The second kappa shape index (κ2) is 5.17. The van der Waals surface area contributed by atoms with Crippen LogP contribution < -0.4 is 11.1 Å². The lowest BCUT2D eigenvalue weighted by Crippen LogP contribution is -2.18. The highest BCUT2D eigenvalue weighted by molar-refractivity contribution is 6.08. The predicted octanol–water partition coefficient (Wildman–Crippen LogP) is 0.460. The fourth-order valence-corrected chi connectivity index (χ4v) is 1.49. The first-order valence-corrected chi connectivity index (χ1v) is 5.36. The minimum absolute atomic E-state index is 0.147. The molecule has 8 heteroatoms. The minimum atomic E-state index is -0.368. The van der Waals surface area contributed by atoms with Crippen LogP contribution in [0.5, 0.6) is 0 Å². The molecule has 8 nitrogen and oxygen atoms in total. The van der Waals surface area contributed by atoms with Crippen LogP contribution in [0.2, 0.25) is 0 Å². The summed E-state index contributed by atoms with van der Waals surface area (Å²) in [5.41, 5.74) is 7.03. The second-order valence-corrected chi connectivity index (χ2v) is 3.85. The molecule has 0 aliphatic carbocycles. The number of oxime groups is 1. The summed E-state index contributed by atoms with van der Waals surface area (Å²) in [7, 11) is 0. The van der Waals surface area contributed by atoms with Crippen LogP contribution in [0.15, 0.2) is 29.8 Å². The van der Waals surface area contributed by atoms with Crippen LogP contribution in [-0.4, -0.2) is 32.1 Å². The van der Waals surface area contributed by atoms with E-state index in [-0.39, 0.29) is 17.6 Å². The SMILES string of the molecule is Cc1cncc(C(=O)Nc2[nH]ncc2C(N)=NO)c1. The van der Waals surface area contributed by atoms with Gasteiger partial charge in [0.15, 0.2) is 5.84 Å². The van der Waals surface area contributed by atoms with Gasteiger partial charge in [0.25, 0.3) is 5.91 Å². The zero-order valence-electron chi connectivity index (χ0n) is 10.1. The Morgan fingerprint density at radius 3 is 2.95 bits per heavy atom. The van der Waals surface area contributed by atoms with Crippen LogP contribution in [-0.2, 0) is 0 Å². The summed E-state index contributed by atoms with van der Waals surface area (Å²) in [5, 5.41) is 20.3. The molecule has 0 fully saturated rings. The summed E-state index contributed by atoms with van der Waals surface area (Å²) in [6.45, 7) is 1.84. The number of aryl methyl sites for hydroxylation is 1. The lowest BCUT2D eigenvalue weighted by atomic mass is 10.2. The number of aromatic nitrogens is 3. The smallest absolute Gasteiger partial charge is 0.258 e. The van der Waals surface area contributed by atoms with E-state index in [0.29, 0.717) is 11.1 Å². The molecule has 0 saturated heterocycles. The van der Waals surface area contributed by atoms with E-state index < -0.39 is 0 Å². The normalized spacial score (nSPS) is 11.3. The summed E-state index contributed by atoms with van der Waals surface area (Å²) in [6, 6.07) is 1.70. The summed E-state index contributed by atoms with van der Waals surface area (Å²) in [5.74, 6) is -0.263. The average Bonchev–Trinajstić information content (AvgIpc) is 2.86. The number of nitrogens with zero attached hydrogens (tertiary/aromatic N) is 3. The van der Waals surface area contributed by atoms with Crippen molar-refractivity contribution in [2.75, 3.05) is 5.32 Å². The van der Waals surface area contributed by atoms with Gasteiger partial charge in [-0.1, -0.05) is 5.16 Å². The predicted molar refractivity (Wildman–Crippen MR) is 68.0 cm³/mol. The Labute approximate surface area is 108 Å². The van der Waals surface area contributed by atoms with E-state index in [9.17, 15) is 4.79 Å². The number of amides is 1. The van der Waals surface area contributed by atoms with Crippen molar-refractivity contribution in [2.24, 2.45) is 10.9 Å². The number of anilines is 1. The number of hydrogen-bond donors (Lipinski definition) is 4. The van der Waals surface area contributed by atoms with Crippen LogP contribution in [0, 0.1) is 6.92 Å². The Balaban J connectivity index is 2.23. The molecule has 5 N–H and O–H groups in total. The van der Waals surface area contributed by atoms with E-state index in [1.807, 2.05) is 6.92 Å². The maximum atomic E-state index is 12.0. The van der Waals surface area contributed by atoms with Gasteiger partial charge in [0.05, 0.1) is 17.3 Å². The van der Waals surface area contributed by atoms with Gasteiger partial charge in [-0.2, -0.15) is 5.10 Å². The van der Waals surface area contributed by atoms with E-state index in [2.05, 4.69) is 25.7 Å². The highest BCUT2D eigenvalue weighted by Gasteiger charge is 2.13. The van der Waals surface area contributed by atoms with E-state index in [4.69, 9.17) is 10.9 Å². The van der Waals surface area contributed by atoms with E-state index >= 15 is 0 Å². The third-order valence-corrected chi connectivity index (χ3v) is 2.40. The highest BCUT2D eigenvalue weighted by Crippen LogP contribution is 2.12. The van der Waals surface area contributed by atoms with E-state index in [0.717, 1.165) is 5.56 Å². The quantitative estimate of drug-likeness (QED) is 0.276. The molecule has 0 bridgehead atoms. The van der Waals surface area contributed by atoms with Crippen molar-refractivity contribution in [3.8, 4) is 0 Å². The minimum Gasteiger partial charge on any atom is -0.409 e. The maximum absolute atomic E-state index is 12.0.